The van der Waals surface area contributed by atoms with E-state index in [-0.39, 0.29) is 5.56 Å². The lowest BCUT2D eigenvalue weighted by atomic mass is 9.94. The highest BCUT2D eigenvalue weighted by Gasteiger charge is 2.33. The van der Waals surface area contributed by atoms with E-state index in [0.717, 1.165) is 32.0 Å². The molecule has 0 saturated heterocycles. The molecule has 0 fully saturated rings. The first kappa shape index (κ1) is 15.1. The molecule has 2 aromatic rings. The number of rotatable bonds is 1. The quantitative estimate of drug-likeness (QED) is 0.754. The maximum atomic E-state index is 13.2. The van der Waals surface area contributed by atoms with Crippen LogP contribution in [-0.2, 0) is 19.0 Å². The van der Waals surface area contributed by atoms with Crippen molar-refractivity contribution in [2.45, 2.75) is 19.0 Å². The lowest BCUT2D eigenvalue weighted by Crippen LogP contribution is -2.20. The van der Waals surface area contributed by atoms with Crippen LogP contribution < -0.4 is 0 Å². The van der Waals surface area contributed by atoms with Crippen LogP contribution in [0.5, 0.6) is 0 Å². The van der Waals surface area contributed by atoms with E-state index in [1.165, 1.54) is 17.2 Å². The molecule has 0 aliphatic carbocycles. The van der Waals surface area contributed by atoms with Gasteiger partial charge in [0.2, 0.25) is 0 Å². The number of nitrogens with zero attached hydrogens (tertiary/aromatic N) is 1. The van der Waals surface area contributed by atoms with Crippen molar-refractivity contribution in [2.24, 2.45) is 0 Å². The predicted octanol–water partition coefficient (Wildman–Crippen LogP) is 4.40. The summed E-state index contributed by atoms with van der Waals surface area (Å²) in [5, 5.41) is 0. The summed E-state index contributed by atoms with van der Waals surface area (Å²) < 4.78 is 39.5. The van der Waals surface area contributed by atoms with Crippen LogP contribution in [-0.4, -0.2) is 25.0 Å². The zero-order chi connectivity index (χ0) is 15.7. The summed E-state index contributed by atoms with van der Waals surface area (Å²) in [4.78, 5) is 2.25. The number of likely N-dealkylation sites (N-methyl/N-ethyl adjacent to an activating group) is 1. The molecule has 0 radical (unpaired) electrons. The fraction of sp³-hybridized carbons (Fsp3) is 0.333. The molecule has 1 aliphatic heterocycles. The molecule has 0 saturated carbocycles. The van der Waals surface area contributed by atoms with Gasteiger partial charge in [-0.3, -0.25) is 0 Å². The van der Waals surface area contributed by atoms with Crippen molar-refractivity contribution < 1.29 is 13.2 Å². The topological polar surface area (TPSA) is 3.24 Å². The van der Waals surface area contributed by atoms with Crippen molar-refractivity contribution in [3.63, 3.8) is 0 Å². The first-order valence-electron chi connectivity index (χ1n) is 7.42. The van der Waals surface area contributed by atoms with Gasteiger partial charge in [0, 0.05) is 13.1 Å². The molecule has 2 aromatic carbocycles. The molecule has 4 heteroatoms. The van der Waals surface area contributed by atoms with Crippen LogP contribution in [0.2, 0.25) is 0 Å². The largest absolute Gasteiger partial charge is 0.417 e. The molecule has 116 valence electrons. The number of benzene rings is 2. The summed E-state index contributed by atoms with van der Waals surface area (Å²) in [5.41, 5.74) is 2.75. The summed E-state index contributed by atoms with van der Waals surface area (Å²) in [7, 11) is 2.08. The minimum Gasteiger partial charge on any atom is -0.306 e. The minimum absolute atomic E-state index is 0.260. The first-order valence-corrected chi connectivity index (χ1v) is 7.42. The van der Waals surface area contributed by atoms with Crippen LogP contribution in [0.3, 0.4) is 0 Å². The van der Waals surface area contributed by atoms with Gasteiger partial charge in [-0.25, -0.2) is 0 Å². The predicted molar refractivity (Wildman–Crippen MR) is 81.8 cm³/mol. The molecule has 0 bridgehead atoms. The van der Waals surface area contributed by atoms with E-state index in [1.54, 1.807) is 12.1 Å². The van der Waals surface area contributed by atoms with Gasteiger partial charge in [0.15, 0.2) is 0 Å². The second-order valence-electron chi connectivity index (χ2n) is 5.83. The molecule has 1 heterocycles. The number of hydrogen-bond acceptors (Lipinski definition) is 1. The van der Waals surface area contributed by atoms with Gasteiger partial charge in [0.1, 0.15) is 0 Å². The van der Waals surface area contributed by atoms with Gasteiger partial charge in [-0.05, 0) is 48.2 Å². The summed E-state index contributed by atoms with van der Waals surface area (Å²) in [6.07, 6.45) is -2.50. The molecule has 0 unspecified atom stereocenters. The lowest BCUT2D eigenvalue weighted by Gasteiger charge is -2.14. The van der Waals surface area contributed by atoms with Crippen LogP contribution in [0.4, 0.5) is 13.2 Å². The van der Waals surface area contributed by atoms with Gasteiger partial charge < -0.3 is 4.90 Å². The fourth-order valence-electron chi connectivity index (χ4n) is 2.99. The van der Waals surface area contributed by atoms with Crippen LogP contribution in [0, 0.1) is 0 Å². The summed E-state index contributed by atoms with van der Waals surface area (Å²) in [6, 6.07) is 11.5. The van der Waals surface area contributed by atoms with E-state index in [1.807, 2.05) is 18.2 Å². The Labute approximate surface area is 128 Å². The average Bonchev–Trinajstić information content (AvgIpc) is 2.68. The Morgan fingerprint density at radius 3 is 2.32 bits per heavy atom. The maximum absolute atomic E-state index is 13.2. The third kappa shape index (κ3) is 3.02. The second kappa shape index (κ2) is 5.76. The number of fused-ring (bicyclic) bond motifs is 1. The van der Waals surface area contributed by atoms with E-state index in [9.17, 15) is 13.2 Å². The first-order chi connectivity index (χ1) is 10.4. The van der Waals surface area contributed by atoms with Gasteiger partial charge in [-0.15, -0.1) is 0 Å². The molecule has 0 amide bonds. The smallest absolute Gasteiger partial charge is 0.306 e. The molecule has 1 aliphatic rings. The molecule has 1 nitrogen and oxygen atoms in total. The Kier molecular flexibility index (Phi) is 3.96. The van der Waals surface area contributed by atoms with Crippen LogP contribution in [0.25, 0.3) is 11.1 Å². The van der Waals surface area contributed by atoms with E-state index >= 15 is 0 Å². The zero-order valence-corrected chi connectivity index (χ0v) is 12.5. The van der Waals surface area contributed by atoms with Crippen molar-refractivity contribution in [2.75, 3.05) is 20.1 Å². The van der Waals surface area contributed by atoms with Gasteiger partial charge in [-0.2, -0.15) is 13.2 Å². The van der Waals surface area contributed by atoms with Crippen molar-refractivity contribution in [1.29, 1.82) is 0 Å². The highest BCUT2D eigenvalue weighted by molar-refractivity contribution is 5.69. The highest BCUT2D eigenvalue weighted by Crippen LogP contribution is 2.37. The molecule has 0 atom stereocenters. The third-order valence-corrected chi connectivity index (χ3v) is 4.28. The van der Waals surface area contributed by atoms with Crippen LogP contribution in [0.1, 0.15) is 16.7 Å². The van der Waals surface area contributed by atoms with E-state index in [2.05, 4.69) is 11.9 Å². The monoisotopic (exact) mass is 305 g/mol. The van der Waals surface area contributed by atoms with E-state index < -0.39 is 11.7 Å². The molecule has 0 spiro atoms. The fourth-order valence-corrected chi connectivity index (χ4v) is 2.99. The van der Waals surface area contributed by atoms with Crippen molar-refractivity contribution in [3.8, 4) is 11.1 Å². The van der Waals surface area contributed by atoms with Gasteiger partial charge in [0.25, 0.3) is 0 Å². The summed E-state index contributed by atoms with van der Waals surface area (Å²) in [5.74, 6) is 0. The molecule has 22 heavy (non-hydrogen) atoms. The van der Waals surface area contributed by atoms with E-state index in [0.29, 0.717) is 5.56 Å². The zero-order valence-electron chi connectivity index (χ0n) is 12.5. The molecule has 3 rings (SSSR count). The summed E-state index contributed by atoms with van der Waals surface area (Å²) in [6.45, 7) is 1.93. The van der Waals surface area contributed by atoms with E-state index in [4.69, 9.17) is 0 Å². The van der Waals surface area contributed by atoms with Crippen molar-refractivity contribution >= 4 is 0 Å². The number of halogens is 3. The van der Waals surface area contributed by atoms with Crippen molar-refractivity contribution in [1.82, 2.24) is 4.90 Å². The Bertz CT molecular complexity index is 676. The van der Waals surface area contributed by atoms with Gasteiger partial charge in [0.05, 0.1) is 5.56 Å². The Balaban J connectivity index is 2.04. The van der Waals surface area contributed by atoms with Crippen LogP contribution in [0.15, 0.2) is 42.5 Å². The van der Waals surface area contributed by atoms with Gasteiger partial charge in [-0.1, -0.05) is 36.4 Å². The second-order valence-corrected chi connectivity index (χ2v) is 5.83. The average molecular weight is 305 g/mol. The number of alkyl halides is 3. The van der Waals surface area contributed by atoms with Crippen LogP contribution >= 0.6 is 0 Å². The Morgan fingerprint density at radius 1 is 0.909 bits per heavy atom. The van der Waals surface area contributed by atoms with Gasteiger partial charge >= 0.3 is 6.18 Å². The molecular formula is C18H18F3N. The number of hydrogen-bond donors (Lipinski definition) is 0. The minimum atomic E-state index is -4.33. The Hall–Kier alpha value is -1.81. The lowest BCUT2D eigenvalue weighted by molar-refractivity contribution is -0.137. The third-order valence-electron chi connectivity index (χ3n) is 4.28. The summed E-state index contributed by atoms with van der Waals surface area (Å²) >= 11 is 0. The maximum Gasteiger partial charge on any atom is 0.417 e. The standard InChI is InChI=1S/C18H18F3N/c1-22-10-8-13-6-7-15(12-14(13)9-11-22)16-4-2-3-5-17(16)18(19,20)21/h2-7,12H,8-11H2,1H3. The normalized spacial score (nSPS) is 16.2. The SMILES string of the molecule is CN1CCc2ccc(-c3ccccc3C(F)(F)F)cc2CC1. The molecule has 0 aromatic heterocycles. The van der Waals surface area contributed by atoms with Crippen molar-refractivity contribution in [3.05, 3.63) is 59.2 Å². The molecule has 0 N–H and O–H groups in total. The molecular weight excluding hydrogens is 287 g/mol. The Morgan fingerprint density at radius 2 is 1.59 bits per heavy atom. The highest BCUT2D eigenvalue weighted by atomic mass is 19.4.